The number of likely N-dealkylation sites (N-methyl/N-ethyl adjacent to an activating group) is 1. The van der Waals surface area contributed by atoms with Crippen LogP contribution >= 0.6 is 0 Å². The fourth-order valence-corrected chi connectivity index (χ4v) is 1.54. The van der Waals surface area contributed by atoms with E-state index in [1.165, 1.54) is 14.2 Å². The van der Waals surface area contributed by atoms with E-state index in [2.05, 4.69) is 4.74 Å². The number of benzene rings is 1. The van der Waals surface area contributed by atoms with Gasteiger partial charge in [-0.25, -0.2) is 4.79 Å². The van der Waals surface area contributed by atoms with Crippen molar-refractivity contribution in [2.24, 2.45) is 0 Å². The Balaban J connectivity index is 2.91. The lowest BCUT2D eigenvalue weighted by Crippen LogP contribution is -2.45. The van der Waals surface area contributed by atoms with Gasteiger partial charge in [0.05, 0.1) is 7.11 Å². The third kappa shape index (κ3) is 4.27. The number of carbonyl (C=O) groups is 3. The molecule has 2 amide bonds. The Morgan fingerprint density at radius 2 is 1.75 bits per heavy atom. The molecule has 108 valence electrons. The van der Waals surface area contributed by atoms with Crippen molar-refractivity contribution in [2.45, 2.75) is 0 Å². The normalized spacial score (nSPS) is 9.70. The third-order valence-electron chi connectivity index (χ3n) is 2.51. The lowest BCUT2D eigenvalue weighted by atomic mass is 10.3. The number of anilines is 1. The van der Waals surface area contributed by atoms with Crippen molar-refractivity contribution in [3.8, 4) is 0 Å². The first kappa shape index (κ1) is 15.5. The lowest BCUT2D eigenvalue weighted by molar-refractivity contribution is -0.141. The van der Waals surface area contributed by atoms with E-state index in [1.807, 2.05) is 0 Å². The van der Waals surface area contributed by atoms with Crippen LogP contribution < -0.4 is 4.90 Å². The molecule has 0 saturated heterocycles. The van der Waals surface area contributed by atoms with E-state index >= 15 is 0 Å². The molecule has 0 aliphatic heterocycles. The summed E-state index contributed by atoms with van der Waals surface area (Å²) < 4.78 is 4.47. The molecule has 0 spiro atoms. The fraction of sp³-hybridized carbons (Fsp3) is 0.308. The Bertz CT molecular complexity index is 489. The van der Waals surface area contributed by atoms with Crippen molar-refractivity contribution in [3.63, 3.8) is 0 Å². The number of carbonyl (C=O) groups excluding carboxylic acids is 2. The summed E-state index contributed by atoms with van der Waals surface area (Å²) in [4.78, 5) is 36.4. The summed E-state index contributed by atoms with van der Waals surface area (Å²) in [7, 11) is 2.61. The summed E-state index contributed by atoms with van der Waals surface area (Å²) in [6.07, 6.45) is 0. The van der Waals surface area contributed by atoms with Gasteiger partial charge in [-0.15, -0.1) is 0 Å². The Morgan fingerprint density at radius 3 is 2.25 bits per heavy atom. The molecule has 0 aliphatic rings. The van der Waals surface area contributed by atoms with Crippen LogP contribution in [-0.2, 0) is 14.3 Å². The monoisotopic (exact) mass is 280 g/mol. The number of amides is 2. The topological polar surface area (TPSA) is 87.2 Å². The largest absolute Gasteiger partial charge is 0.480 e. The zero-order chi connectivity index (χ0) is 15.1. The minimum Gasteiger partial charge on any atom is -0.480 e. The number of nitrogens with zero attached hydrogens (tertiary/aromatic N) is 2. The molecule has 1 rings (SSSR count). The van der Waals surface area contributed by atoms with E-state index in [-0.39, 0.29) is 6.54 Å². The second kappa shape index (κ2) is 7.13. The number of carboxylic acids is 1. The van der Waals surface area contributed by atoms with E-state index in [4.69, 9.17) is 5.11 Å². The standard InChI is InChI=1S/C13H16N2O5/c1-14(9-12(18)20-2)13(19)15(8-11(16)17)10-6-4-3-5-7-10/h3-7H,8-9H2,1-2H3,(H,16,17). The number of hydrogen-bond donors (Lipinski definition) is 1. The average molecular weight is 280 g/mol. The van der Waals surface area contributed by atoms with Crippen molar-refractivity contribution in [3.05, 3.63) is 30.3 Å². The Labute approximate surface area is 116 Å². The van der Waals surface area contributed by atoms with Crippen molar-refractivity contribution >= 4 is 23.7 Å². The number of carboxylic acid groups (broad SMARTS) is 1. The molecule has 0 radical (unpaired) electrons. The molecule has 7 nitrogen and oxygen atoms in total. The third-order valence-corrected chi connectivity index (χ3v) is 2.51. The molecule has 0 atom stereocenters. The van der Waals surface area contributed by atoms with Gasteiger partial charge in [0.15, 0.2) is 0 Å². The second-order valence-corrected chi connectivity index (χ2v) is 4.03. The Hall–Kier alpha value is -2.57. The van der Waals surface area contributed by atoms with Crippen LogP contribution in [0.25, 0.3) is 0 Å². The minimum atomic E-state index is -1.14. The van der Waals surface area contributed by atoms with Gasteiger partial charge in [-0.2, -0.15) is 0 Å². The molecule has 0 saturated carbocycles. The number of esters is 1. The Morgan fingerprint density at radius 1 is 1.15 bits per heavy atom. The summed E-state index contributed by atoms with van der Waals surface area (Å²) in [5.41, 5.74) is 0.441. The maximum absolute atomic E-state index is 12.2. The van der Waals surface area contributed by atoms with Crippen molar-refractivity contribution in [1.82, 2.24) is 4.90 Å². The van der Waals surface area contributed by atoms with Crippen LogP contribution in [0.15, 0.2) is 30.3 Å². The van der Waals surface area contributed by atoms with Gasteiger partial charge in [-0.3, -0.25) is 14.5 Å². The molecule has 0 fully saturated rings. The van der Waals surface area contributed by atoms with Crippen LogP contribution in [-0.4, -0.2) is 55.2 Å². The number of ether oxygens (including phenoxy) is 1. The zero-order valence-electron chi connectivity index (χ0n) is 11.3. The van der Waals surface area contributed by atoms with Gasteiger partial charge in [-0.1, -0.05) is 18.2 Å². The molecular weight excluding hydrogens is 264 g/mol. The van der Waals surface area contributed by atoms with Gasteiger partial charge < -0.3 is 14.7 Å². The predicted molar refractivity (Wildman–Crippen MR) is 71.5 cm³/mol. The zero-order valence-corrected chi connectivity index (χ0v) is 11.3. The van der Waals surface area contributed by atoms with Crippen LogP contribution in [0.4, 0.5) is 10.5 Å². The first-order chi connectivity index (χ1) is 9.45. The lowest BCUT2D eigenvalue weighted by Gasteiger charge is -2.26. The highest BCUT2D eigenvalue weighted by Crippen LogP contribution is 2.14. The first-order valence-electron chi connectivity index (χ1n) is 5.82. The number of methoxy groups -OCH3 is 1. The fourth-order valence-electron chi connectivity index (χ4n) is 1.54. The van der Waals surface area contributed by atoms with E-state index < -0.39 is 24.5 Å². The van der Waals surface area contributed by atoms with Crippen LogP contribution in [0.2, 0.25) is 0 Å². The molecule has 0 bridgehead atoms. The molecule has 1 aromatic carbocycles. The summed E-state index contributed by atoms with van der Waals surface area (Å²) >= 11 is 0. The quantitative estimate of drug-likeness (QED) is 0.806. The van der Waals surface area contributed by atoms with E-state index in [9.17, 15) is 14.4 Å². The highest BCUT2D eigenvalue weighted by Gasteiger charge is 2.23. The summed E-state index contributed by atoms with van der Waals surface area (Å²) in [5.74, 6) is -1.72. The molecule has 0 heterocycles. The number of urea groups is 1. The number of para-hydroxylation sites is 1. The van der Waals surface area contributed by atoms with Gasteiger partial charge in [0.25, 0.3) is 0 Å². The average Bonchev–Trinajstić information content (AvgIpc) is 2.44. The number of rotatable bonds is 5. The van der Waals surface area contributed by atoms with Crippen LogP contribution in [0.1, 0.15) is 0 Å². The van der Waals surface area contributed by atoms with E-state index in [0.29, 0.717) is 5.69 Å². The maximum Gasteiger partial charge on any atom is 0.325 e. The molecule has 20 heavy (non-hydrogen) atoms. The highest BCUT2D eigenvalue weighted by atomic mass is 16.5. The van der Waals surface area contributed by atoms with E-state index in [0.717, 1.165) is 9.80 Å². The summed E-state index contributed by atoms with van der Waals surface area (Å²) in [6.45, 7) is -0.743. The summed E-state index contributed by atoms with van der Waals surface area (Å²) in [6, 6.07) is 7.78. The van der Waals surface area contributed by atoms with Crippen molar-refractivity contribution in [2.75, 3.05) is 32.1 Å². The predicted octanol–water partition coefficient (Wildman–Crippen LogP) is 0.802. The van der Waals surface area contributed by atoms with Gasteiger partial charge in [-0.05, 0) is 12.1 Å². The van der Waals surface area contributed by atoms with Gasteiger partial charge in [0.2, 0.25) is 0 Å². The van der Waals surface area contributed by atoms with Gasteiger partial charge in [0, 0.05) is 12.7 Å². The smallest absolute Gasteiger partial charge is 0.325 e. The van der Waals surface area contributed by atoms with Gasteiger partial charge in [0.1, 0.15) is 13.1 Å². The SMILES string of the molecule is COC(=O)CN(C)C(=O)N(CC(=O)O)c1ccccc1. The molecule has 0 aliphatic carbocycles. The first-order valence-corrected chi connectivity index (χ1v) is 5.82. The van der Waals surface area contributed by atoms with Gasteiger partial charge >= 0.3 is 18.0 Å². The van der Waals surface area contributed by atoms with Crippen LogP contribution in [0.5, 0.6) is 0 Å². The number of aliphatic carboxylic acids is 1. The highest BCUT2D eigenvalue weighted by molar-refractivity contribution is 5.97. The molecule has 0 unspecified atom stereocenters. The Kier molecular flexibility index (Phi) is 5.52. The number of hydrogen-bond acceptors (Lipinski definition) is 4. The summed E-state index contributed by atoms with van der Waals surface area (Å²) in [5, 5.41) is 8.90. The molecule has 0 aromatic heterocycles. The minimum absolute atomic E-state index is 0.252. The van der Waals surface area contributed by atoms with E-state index in [1.54, 1.807) is 30.3 Å². The molecule has 1 aromatic rings. The van der Waals surface area contributed by atoms with Crippen molar-refractivity contribution in [1.29, 1.82) is 0 Å². The molecular formula is C13H16N2O5. The maximum atomic E-state index is 12.2. The van der Waals surface area contributed by atoms with Crippen LogP contribution in [0.3, 0.4) is 0 Å². The van der Waals surface area contributed by atoms with Crippen molar-refractivity contribution < 1.29 is 24.2 Å². The molecule has 1 N–H and O–H groups in total. The molecule has 7 heteroatoms. The van der Waals surface area contributed by atoms with Crippen LogP contribution in [0, 0.1) is 0 Å². The second-order valence-electron chi connectivity index (χ2n) is 4.03.